The lowest BCUT2D eigenvalue weighted by atomic mass is 10.1. The summed E-state index contributed by atoms with van der Waals surface area (Å²) in [5.41, 5.74) is 1.97. The molecule has 2 amide bonds. The van der Waals surface area contributed by atoms with E-state index in [9.17, 15) is 9.59 Å². The summed E-state index contributed by atoms with van der Waals surface area (Å²) < 4.78 is 0. The first-order valence-electron chi connectivity index (χ1n) is 8.60. The lowest BCUT2D eigenvalue weighted by molar-refractivity contribution is -0.124. The van der Waals surface area contributed by atoms with Crippen molar-refractivity contribution in [2.75, 3.05) is 29.9 Å². The van der Waals surface area contributed by atoms with Crippen LogP contribution in [0.5, 0.6) is 0 Å². The van der Waals surface area contributed by atoms with Gasteiger partial charge in [0.1, 0.15) is 0 Å². The molecular formula is C18H27N3O2. The van der Waals surface area contributed by atoms with E-state index >= 15 is 0 Å². The molecule has 0 atom stereocenters. The molecule has 1 fully saturated rings. The Morgan fingerprint density at radius 3 is 2.39 bits per heavy atom. The summed E-state index contributed by atoms with van der Waals surface area (Å²) in [5, 5.41) is 5.45. The minimum absolute atomic E-state index is 0.0242. The van der Waals surface area contributed by atoms with Gasteiger partial charge in [-0.25, -0.2) is 0 Å². The summed E-state index contributed by atoms with van der Waals surface area (Å²) in [5.74, 6) is -0.261. The van der Waals surface area contributed by atoms with Gasteiger partial charge in [-0.15, -0.1) is 0 Å². The molecule has 1 saturated heterocycles. The molecule has 2 rings (SSSR count). The molecule has 1 aliphatic rings. The second-order valence-corrected chi connectivity index (χ2v) is 6.02. The molecule has 1 heterocycles. The number of carbonyl (C=O) groups excluding carboxylic acids is 2. The lowest BCUT2D eigenvalue weighted by Crippen LogP contribution is -2.32. The lowest BCUT2D eigenvalue weighted by Gasteiger charge is -2.28. The Bertz CT molecular complexity index is 508. The van der Waals surface area contributed by atoms with E-state index in [0.717, 1.165) is 31.6 Å². The predicted octanol–water partition coefficient (Wildman–Crippen LogP) is 2.92. The third-order valence-electron chi connectivity index (χ3n) is 4.08. The van der Waals surface area contributed by atoms with E-state index in [1.54, 1.807) is 0 Å². The summed E-state index contributed by atoms with van der Waals surface area (Å²) in [6, 6.07) is 7.92. The smallest absolute Gasteiger partial charge is 0.243 e. The van der Waals surface area contributed by atoms with Crippen LogP contribution in [0.1, 0.15) is 45.4 Å². The molecule has 1 aromatic rings. The second-order valence-electron chi connectivity index (χ2n) is 6.02. The number of anilines is 2. The average Bonchev–Trinajstić information content (AvgIpc) is 2.59. The number of benzene rings is 1. The van der Waals surface area contributed by atoms with Crippen LogP contribution in [0.2, 0.25) is 0 Å². The topological polar surface area (TPSA) is 61.4 Å². The molecule has 0 aromatic heterocycles. The molecule has 0 aliphatic carbocycles. The first-order valence-corrected chi connectivity index (χ1v) is 8.60. The zero-order valence-electron chi connectivity index (χ0n) is 13.9. The van der Waals surface area contributed by atoms with E-state index in [1.807, 2.05) is 31.2 Å². The Morgan fingerprint density at radius 1 is 1.04 bits per heavy atom. The fourth-order valence-corrected chi connectivity index (χ4v) is 2.72. The maximum absolute atomic E-state index is 11.8. The second kappa shape index (κ2) is 9.18. The third-order valence-corrected chi connectivity index (χ3v) is 4.08. The van der Waals surface area contributed by atoms with Gasteiger partial charge in [0.2, 0.25) is 11.8 Å². The number of piperidine rings is 1. The first kappa shape index (κ1) is 17.3. The summed E-state index contributed by atoms with van der Waals surface area (Å²) in [6.45, 7) is 4.27. The number of carbonyl (C=O) groups is 2. The summed E-state index contributed by atoms with van der Waals surface area (Å²) >= 11 is 0. The van der Waals surface area contributed by atoms with Crippen molar-refractivity contribution >= 4 is 23.2 Å². The largest absolute Gasteiger partial charge is 0.372 e. The van der Waals surface area contributed by atoms with Crippen LogP contribution in [0.4, 0.5) is 11.4 Å². The molecule has 1 aliphatic heterocycles. The highest BCUT2D eigenvalue weighted by Gasteiger charge is 2.11. The van der Waals surface area contributed by atoms with Gasteiger partial charge in [0.25, 0.3) is 0 Å². The highest BCUT2D eigenvalue weighted by atomic mass is 16.2. The van der Waals surface area contributed by atoms with Crippen molar-refractivity contribution in [3.63, 3.8) is 0 Å². The minimum Gasteiger partial charge on any atom is -0.372 e. The third kappa shape index (κ3) is 5.93. The van der Waals surface area contributed by atoms with Crippen LogP contribution in [0.3, 0.4) is 0 Å². The SMILES string of the molecule is CCCCC(=O)NCC(=O)Nc1ccc(N2CCCCC2)cc1. The summed E-state index contributed by atoms with van der Waals surface area (Å²) in [6.07, 6.45) is 6.11. The Kier molecular flexibility index (Phi) is 6.91. The average molecular weight is 317 g/mol. The first-order chi connectivity index (χ1) is 11.2. The number of nitrogens with one attached hydrogen (secondary N) is 2. The fourth-order valence-electron chi connectivity index (χ4n) is 2.72. The standard InChI is InChI=1S/C18H27N3O2/c1-2-3-7-17(22)19-14-18(23)20-15-8-10-16(11-9-15)21-12-5-4-6-13-21/h8-11H,2-7,12-14H2,1H3,(H,19,22)(H,20,23). The van der Waals surface area contributed by atoms with Gasteiger partial charge in [0, 0.05) is 30.9 Å². The summed E-state index contributed by atoms with van der Waals surface area (Å²) in [7, 11) is 0. The van der Waals surface area contributed by atoms with Gasteiger partial charge in [-0.1, -0.05) is 13.3 Å². The zero-order valence-corrected chi connectivity index (χ0v) is 13.9. The summed E-state index contributed by atoms with van der Waals surface area (Å²) in [4.78, 5) is 25.7. The maximum Gasteiger partial charge on any atom is 0.243 e. The van der Waals surface area contributed by atoms with Crippen LogP contribution < -0.4 is 15.5 Å². The van der Waals surface area contributed by atoms with Crippen molar-refractivity contribution in [1.29, 1.82) is 0 Å². The highest BCUT2D eigenvalue weighted by Crippen LogP contribution is 2.21. The predicted molar refractivity (Wildman–Crippen MR) is 93.7 cm³/mol. The molecule has 0 spiro atoms. The van der Waals surface area contributed by atoms with Gasteiger partial charge in [-0.3, -0.25) is 9.59 Å². The minimum atomic E-state index is -0.194. The molecule has 2 N–H and O–H groups in total. The van der Waals surface area contributed by atoms with Crippen LogP contribution in [-0.4, -0.2) is 31.4 Å². The van der Waals surface area contributed by atoms with E-state index in [0.29, 0.717) is 6.42 Å². The molecule has 1 aromatic carbocycles. The van der Waals surface area contributed by atoms with Crippen molar-refractivity contribution < 1.29 is 9.59 Å². The van der Waals surface area contributed by atoms with E-state index in [-0.39, 0.29) is 18.4 Å². The highest BCUT2D eigenvalue weighted by molar-refractivity contribution is 5.94. The van der Waals surface area contributed by atoms with Gasteiger partial charge < -0.3 is 15.5 Å². The van der Waals surface area contributed by atoms with Crippen LogP contribution in [-0.2, 0) is 9.59 Å². The molecule has 0 unspecified atom stereocenters. The van der Waals surface area contributed by atoms with Crippen molar-refractivity contribution in [3.8, 4) is 0 Å². The van der Waals surface area contributed by atoms with E-state index in [1.165, 1.54) is 24.9 Å². The normalized spacial score (nSPS) is 14.4. The number of unbranched alkanes of at least 4 members (excludes halogenated alkanes) is 1. The van der Waals surface area contributed by atoms with Crippen LogP contribution in [0, 0.1) is 0 Å². The number of hydrogen-bond donors (Lipinski definition) is 2. The van der Waals surface area contributed by atoms with Crippen molar-refractivity contribution in [1.82, 2.24) is 5.32 Å². The van der Waals surface area contributed by atoms with Gasteiger partial charge in [0.15, 0.2) is 0 Å². The molecule has 0 saturated carbocycles. The van der Waals surface area contributed by atoms with Gasteiger partial charge in [-0.05, 0) is 49.9 Å². The molecule has 5 heteroatoms. The monoisotopic (exact) mass is 317 g/mol. The molecule has 0 bridgehead atoms. The molecule has 23 heavy (non-hydrogen) atoms. The van der Waals surface area contributed by atoms with E-state index in [4.69, 9.17) is 0 Å². The van der Waals surface area contributed by atoms with Crippen LogP contribution >= 0.6 is 0 Å². The Morgan fingerprint density at radius 2 is 1.74 bits per heavy atom. The zero-order chi connectivity index (χ0) is 16.5. The van der Waals surface area contributed by atoms with Crippen molar-refractivity contribution in [2.45, 2.75) is 45.4 Å². The Labute approximate surface area is 138 Å². The Hall–Kier alpha value is -2.04. The van der Waals surface area contributed by atoms with Crippen LogP contribution in [0.25, 0.3) is 0 Å². The molecule has 5 nitrogen and oxygen atoms in total. The number of amides is 2. The van der Waals surface area contributed by atoms with Crippen LogP contribution in [0.15, 0.2) is 24.3 Å². The van der Waals surface area contributed by atoms with Crippen molar-refractivity contribution in [2.24, 2.45) is 0 Å². The van der Waals surface area contributed by atoms with Gasteiger partial charge in [0.05, 0.1) is 6.54 Å². The molecule has 126 valence electrons. The molecule has 0 radical (unpaired) electrons. The van der Waals surface area contributed by atoms with Crippen molar-refractivity contribution in [3.05, 3.63) is 24.3 Å². The van der Waals surface area contributed by atoms with E-state index in [2.05, 4.69) is 15.5 Å². The molecular weight excluding hydrogens is 290 g/mol. The maximum atomic E-state index is 11.8. The van der Waals surface area contributed by atoms with Gasteiger partial charge >= 0.3 is 0 Å². The quantitative estimate of drug-likeness (QED) is 0.813. The number of hydrogen-bond acceptors (Lipinski definition) is 3. The van der Waals surface area contributed by atoms with E-state index < -0.39 is 0 Å². The number of rotatable bonds is 7. The number of nitrogens with zero attached hydrogens (tertiary/aromatic N) is 1. The van der Waals surface area contributed by atoms with Gasteiger partial charge in [-0.2, -0.15) is 0 Å². The Balaban J connectivity index is 1.76. The fraction of sp³-hybridized carbons (Fsp3) is 0.556.